The second-order valence-electron chi connectivity index (χ2n) is 6.03. The summed E-state index contributed by atoms with van der Waals surface area (Å²) in [5, 5.41) is 7.31. The van der Waals surface area contributed by atoms with Crippen molar-refractivity contribution in [2.24, 2.45) is 0 Å². The standard InChI is InChI=1S/C19H15F2N3OS/c1-11-17-18(12-2-4-13(20)5-3-12)26-10-16(25)22-19(17)24(23-11)15-8-6-14(21)7-9-15/h2-9,18H,10H2,1H3,(H,22,25). The summed E-state index contributed by atoms with van der Waals surface area (Å²) in [5.74, 6) is 0.0649. The average molecular weight is 371 g/mol. The number of amides is 1. The van der Waals surface area contributed by atoms with Crippen molar-refractivity contribution in [3.63, 3.8) is 0 Å². The number of benzene rings is 2. The molecule has 4 nitrogen and oxygen atoms in total. The molecule has 26 heavy (non-hydrogen) atoms. The Morgan fingerprint density at radius 3 is 2.35 bits per heavy atom. The Morgan fingerprint density at radius 1 is 1.08 bits per heavy atom. The van der Waals surface area contributed by atoms with Gasteiger partial charge < -0.3 is 5.32 Å². The number of aryl methyl sites for hydroxylation is 1. The topological polar surface area (TPSA) is 46.9 Å². The first-order valence-electron chi connectivity index (χ1n) is 8.05. The van der Waals surface area contributed by atoms with Crippen LogP contribution in [0.4, 0.5) is 14.6 Å². The molecule has 2 heterocycles. The lowest BCUT2D eigenvalue weighted by atomic mass is 10.0. The summed E-state index contributed by atoms with van der Waals surface area (Å²) in [4.78, 5) is 12.2. The van der Waals surface area contributed by atoms with E-state index in [4.69, 9.17) is 0 Å². The number of hydrogen-bond donors (Lipinski definition) is 1. The van der Waals surface area contributed by atoms with Gasteiger partial charge in [0, 0.05) is 5.56 Å². The molecule has 1 amide bonds. The fraction of sp³-hybridized carbons (Fsp3) is 0.158. The van der Waals surface area contributed by atoms with Gasteiger partial charge in [-0.15, -0.1) is 11.8 Å². The molecule has 2 aromatic carbocycles. The highest BCUT2D eigenvalue weighted by Gasteiger charge is 2.30. The minimum absolute atomic E-state index is 0.135. The van der Waals surface area contributed by atoms with E-state index < -0.39 is 0 Å². The molecule has 1 aromatic heterocycles. The van der Waals surface area contributed by atoms with Crippen molar-refractivity contribution in [1.82, 2.24) is 9.78 Å². The molecule has 0 radical (unpaired) electrons. The van der Waals surface area contributed by atoms with Gasteiger partial charge in [0.2, 0.25) is 5.91 Å². The van der Waals surface area contributed by atoms with Gasteiger partial charge in [-0.2, -0.15) is 5.10 Å². The number of anilines is 1. The first kappa shape index (κ1) is 16.8. The number of carbonyl (C=O) groups excluding carboxylic acids is 1. The van der Waals surface area contributed by atoms with Gasteiger partial charge >= 0.3 is 0 Å². The number of thioether (sulfide) groups is 1. The zero-order valence-electron chi connectivity index (χ0n) is 13.9. The predicted octanol–water partition coefficient (Wildman–Crippen LogP) is 4.23. The number of nitrogens with one attached hydrogen (secondary N) is 1. The second kappa shape index (κ2) is 6.57. The molecule has 1 atom stereocenters. The third-order valence-corrected chi connectivity index (χ3v) is 5.52. The van der Waals surface area contributed by atoms with Crippen molar-refractivity contribution in [2.45, 2.75) is 12.2 Å². The fourth-order valence-electron chi connectivity index (χ4n) is 3.05. The van der Waals surface area contributed by atoms with E-state index >= 15 is 0 Å². The van der Waals surface area contributed by atoms with E-state index in [0.29, 0.717) is 11.5 Å². The largest absolute Gasteiger partial charge is 0.310 e. The predicted molar refractivity (Wildman–Crippen MR) is 97.6 cm³/mol. The molecule has 0 saturated carbocycles. The van der Waals surface area contributed by atoms with Gasteiger partial charge in [0.25, 0.3) is 0 Å². The van der Waals surface area contributed by atoms with E-state index in [9.17, 15) is 13.6 Å². The van der Waals surface area contributed by atoms with E-state index in [1.807, 2.05) is 6.92 Å². The van der Waals surface area contributed by atoms with Crippen LogP contribution in [0.5, 0.6) is 0 Å². The van der Waals surface area contributed by atoms with Gasteiger partial charge in [0.1, 0.15) is 17.5 Å². The zero-order valence-corrected chi connectivity index (χ0v) is 14.7. The number of rotatable bonds is 2. The van der Waals surface area contributed by atoms with E-state index in [-0.39, 0.29) is 28.5 Å². The normalized spacial score (nSPS) is 16.7. The average Bonchev–Trinajstić information content (AvgIpc) is 2.83. The SMILES string of the molecule is Cc1nn(-c2ccc(F)cc2)c2c1C(c1ccc(F)cc1)SCC(=O)N2. The maximum absolute atomic E-state index is 13.3. The number of carbonyl (C=O) groups is 1. The van der Waals surface area contributed by atoms with Crippen LogP contribution in [0.2, 0.25) is 0 Å². The number of halogens is 2. The van der Waals surface area contributed by atoms with E-state index in [2.05, 4.69) is 10.4 Å². The highest BCUT2D eigenvalue weighted by atomic mass is 32.2. The van der Waals surface area contributed by atoms with Gasteiger partial charge in [-0.1, -0.05) is 12.1 Å². The van der Waals surface area contributed by atoms with Crippen molar-refractivity contribution >= 4 is 23.5 Å². The summed E-state index contributed by atoms with van der Waals surface area (Å²) in [6.07, 6.45) is 0. The summed E-state index contributed by atoms with van der Waals surface area (Å²) >= 11 is 1.47. The van der Waals surface area contributed by atoms with Crippen LogP contribution < -0.4 is 5.32 Å². The van der Waals surface area contributed by atoms with Crippen LogP contribution in [0.25, 0.3) is 5.69 Å². The van der Waals surface area contributed by atoms with Crippen LogP contribution in [-0.4, -0.2) is 21.4 Å². The van der Waals surface area contributed by atoms with Crippen LogP contribution in [-0.2, 0) is 4.79 Å². The third kappa shape index (κ3) is 2.99. The number of fused-ring (bicyclic) bond motifs is 1. The Bertz CT molecular complexity index is 968. The quantitative estimate of drug-likeness (QED) is 0.733. The van der Waals surface area contributed by atoms with Crippen LogP contribution in [0.1, 0.15) is 22.1 Å². The van der Waals surface area contributed by atoms with Crippen LogP contribution in [0.15, 0.2) is 48.5 Å². The minimum atomic E-state index is -0.340. The molecule has 1 aliphatic heterocycles. The molecular formula is C19H15F2N3OS. The van der Waals surface area contributed by atoms with Crippen molar-refractivity contribution in [1.29, 1.82) is 0 Å². The van der Waals surface area contributed by atoms with Gasteiger partial charge in [0.05, 0.1) is 22.4 Å². The molecule has 0 aliphatic carbocycles. The summed E-state index contributed by atoms with van der Waals surface area (Å²) in [5.41, 5.74) is 3.18. The number of nitrogens with zero attached hydrogens (tertiary/aromatic N) is 2. The first-order chi connectivity index (χ1) is 12.5. The Hall–Kier alpha value is -2.67. The van der Waals surface area contributed by atoms with Gasteiger partial charge in [-0.3, -0.25) is 4.79 Å². The second-order valence-corrected chi connectivity index (χ2v) is 7.12. The summed E-state index contributed by atoms with van der Waals surface area (Å²) in [7, 11) is 0. The lowest BCUT2D eigenvalue weighted by Crippen LogP contribution is -2.15. The van der Waals surface area contributed by atoms with Crippen LogP contribution in [0.3, 0.4) is 0 Å². The summed E-state index contributed by atoms with van der Waals surface area (Å²) < 4.78 is 28.2. The van der Waals surface area contributed by atoms with Crippen molar-refractivity contribution in [3.8, 4) is 5.69 Å². The monoisotopic (exact) mass is 371 g/mol. The fourth-order valence-corrected chi connectivity index (χ4v) is 4.24. The molecule has 1 unspecified atom stereocenters. The Labute approximate surface area is 153 Å². The van der Waals surface area contributed by atoms with E-state index in [1.54, 1.807) is 28.9 Å². The maximum Gasteiger partial charge on any atom is 0.235 e. The first-order valence-corrected chi connectivity index (χ1v) is 9.10. The van der Waals surface area contributed by atoms with Gasteiger partial charge in [-0.25, -0.2) is 13.5 Å². The molecule has 0 spiro atoms. The van der Waals surface area contributed by atoms with Crippen LogP contribution >= 0.6 is 11.8 Å². The number of hydrogen-bond acceptors (Lipinski definition) is 3. The summed E-state index contributed by atoms with van der Waals surface area (Å²) in [6.45, 7) is 1.87. The summed E-state index contributed by atoms with van der Waals surface area (Å²) in [6, 6.07) is 12.2. The highest BCUT2D eigenvalue weighted by molar-refractivity contribution is 8.00. The molecule has 0 fully saturated rings. The maximum atomic E-state index is 13.3. The molecule has 3 aromatic rings. The lowest BCUT2D eigenvalue weighted by molar-refractivity contribution is -0.113. The Morgan fingerprint density at radius 2 is 1.69 bits per heavy atom. The smallest absolute Gasteiger partial charge is 0.235 e. The molecule has 132 valence electrons. The molecule has 7 heteroatoms. The molecule has 1 aliphatic rings. The third-order valence-electron chi connectivity index (χ3n) is 4.25. The minimum Gasteiger partial charge on any atom is -0.310 e. The lowest BCUT2D eigenvalue weighted by Gasteiger charge is -2.15. The zero-order chi connectivity index (χ0) is 18.3. The highest BCUT2D eigenvalue weighted by Crippen LogP contribution is 2.43. The van der Waals surface area contributed by atoms with E-state index in [0.717, 1.165) is 16.8 Å². The molecule has 0 saturated heterocycles. The van der Waals surface area contributed by atoms with Crippen molar-refractivity contribution in [2.75, 3.05) is 11.1 Å². The number of aromatic nitrogens is 2. The van der Waals surface area contributed by atoms with Gasteiger partial charge in [-0.05, 0) is 48.9 Å². The molecule has 4 rings (SSSR count). The van der Waals surface area contributed by atoms with Crippen molar-refractivity contribution in [3.05, 3.63) is 77.0 Å². The van der Waals surface area contributed by atoms with Crippen molar-refractivity contribution < 1.29 is 13.6 Å². The van der Waals surface area contributed by atoms with Crippen LogP contribution in [0, 0.1) is 18.6 Å². The van der Waals surface area contributed by atoms with Gasteiger partial charge in [0.15, 0.2) is 0 Å². The Kier molecular flexibility index (Phi) is 4.24. The molecule has 1 N–H and O–H groups in total. The molecular weight excluding hydrogens is 356 g/mol. The Balaban J connectivity index is 1.87. The molecule has 0 bridgehead atoms. The van der Waals surface area contributed by atoms with E-state index in [1.165, 1.54) is 36.0 Å².